The van der Waals surface area contributed by atoms with Crippen molar-refractivity contribution in [3.8, 4) is 16.9 Å². The van der Waals surface area contributed by atoms with Gasteiger partial charge in [0.15, 0.2) is 0 Å². The van der Waals surface area contributed by atoms with Crippen LogP contribution < -0.4 is 9.46 Å². The second-order valence-corrected chi connectivity index (χ2v) is 10.3. The number of alkyl halides is 3. The number of hydrogen-bond acceptors (Lipinski definition) is 4. The van der Waals surface area contributed by atoms with E-state index in [-0.39, 0.29) is 28.6 Å². The Kier molecular flexibility index (Phi) is 6.56. The Hall–Kier alpha value is -3.99. The van der Waals surface area contributed by atoms with Crippen LogP contribution >= 0.6 is 0 Å². The maximum Gasteiger partial charge on any atom is 0.416 e. The van der Waals surface area contributed by atoms with Gasteiger partial charge in [-0.15, -0.1) is 0 Å². The van der Waals surface area contributed by atoms with E-state index in [2.05, 4.69) is 9.71 Å². The van der Waals surface area contributed by atoms with Gasteiger partial charge in [-0.25, -0.2) is 17.8 Å². The van der Waals surface area contributed by atoms with Crippen LogP contribution in [0.4, 0.5) is 27.8 Å². The van der Waals surface area contributed by atoms with Crippen LogP contribution in [0.3, 0.4) is 0 Å². The van der Waals surface area contributed by atoms with Gasteiger partial charge in [-0.3, -0.25) is 4.72 Å². The van der Waals surface area contributed by atoms with E-state index in [0.29, 0.717) is 23.1 Å². The molecule has 5 rings (SSSR count). The fraction of sp³-hybridized carbons (Fsp3) is 0.148. The molecular weight excluding hydrogens is 527 g/mol. The standard InChI is InChI=1S/C27H19F5N2O3S/c28-18-7-4-16(5-8-18)23-14-17(27(30,31)32)6-10-20(23)21-12-13-37-24-15-19(9-11-22(21)24)38(35,36)34-26-3-1-2-25(29)33-26/h1-11,14-15,21H,12-13H2,(H,33,34). The van der Waals surface area contributed by atoms with Crippen molar-refractivity contribution in [2.75, 3.05) is 11.3 Å². The van der Waals surface area contributed by atoms with Crippen LogP contribution in [-0.2, 0) is 16.2 Å². The van der Waals surface area contributed by atoms with Gasteiger partial charge in [0, 0.05) is 17.5 Å². The normalized spacial score (nSPS) is 15.4. The van der Waals surface area contributed by atoms with Crippen molar-refractivity contribution >= 4 is 15.8 Å². The Morgan fingerprint density at radius 3 is 2.34 bits per heavy atom. The summed E-state index contributed by atoms with van der Waals surface area (Å²) in [5, 5.41) is 0. The fourth-order valence-electron chi connectivity index (χ4n) is 4.44. The number of aromatic nitrogens is 1. The van der Waals surface area contributed by atoms with Gasteiger partial charge in [-0.05, 0) is 65.6 Å². The van der Waals surface area contributed by atoms with E-state index in [9.17, 15) is 30.4 Å². The molecule has 1 N–H and O–H groups in total. The summed E-state index contributed by atoms with van der Waals surface area (Å²) in [6.07, 6.45) is -4.15. The number of nitrogens with one attached hydrogen (secondary N) is 1. The van der Waals surface area contributed by atoms with E-state index in [1.807, 2.05) is 0 Å². The molecule has 1 aromatic heterocycles. The Labute approximate surface area is 215 Å². The largest absolute Gasteiger partial charge is 0.493 e. The number of sulfonamides is 1. The molecule has 11 heteroatoms. The topological polar surface area (TPSA) is 68.3 Å². The second kappa shape index (κ2) is 9.71. The quantitative estimate of drug-likeness (QED) is 0.222. The molecule has 1 unspecified atom stereocenters. The van der Waals surface area contributed by atoms with Crippen molar-refractivity contribution in [2.24, 2.45) is 0 Å². The SMILES string of the molecule is O=S(=O)(Nc1cccc(F)n1)c1ccc2c(c1)OCCC2c1ccc(C(F)(F)F)cc1-c1ccc(F)cc1. The molecule has 0 bridgehead atoms. The predicted octanol–water partition coefficient (Wildman–Crippen LogP) is 6.76. The summed E-state index contributed by atoms with van der Waals surface area (Å²) in [5.74, 6) is -1.74. The molecule has 1 aliphatic rings. The number of hydrogen-bond donors (Lipinski definition) is 1. The van der Waals surface area contributed by atoms with Gasteiger partial charge in [0.2, 0.25) is 5.95 Å². The number of anilines is 1. The van der Waals surface area contributed by atoms with E-state index in [1.54, 1.807) is 6.07 Å². The molecule has 0 saturated carbocycles. The number of ether oxygens (including phenoxy) is 1. The number of pyridine rings is 1. The fourth-order valence-corrected chi connectivity index (χ4v) is 5.45. The number of fused-ring (bicyclic) bond motifs is 1. The molecule has 0 radical (unpaired) electrons. The Bertz CT molecular complexity index is 1610. The first-order valence-corrected chi connectivity index (χ1v) is 12.9. The zero-order valence-corrected chi connectivity index (χ0v) is 20.3. The minimum atomic E-state index is -4.58. The minimum absolute atomic E-state index is 0.158. The van der Waals surface area contributed by atoms with Crippen molar-refractivity contribution in [1.82, 2.24) is 4.98 Å². The van der Waals surface area contributed by atoms with Crippen LogP contribution in [0.25, 0.3) is 11.1 Å². The third-order valence-electron chi connectivity index (χ3n) is 6.20. The van der Waals surface area contributed by atoms with Crippen molar-refractivity contribution in [1.29, 1.82) is 0 Å². The molecule has 5 nitrogen and oxygen atoms in total. The number of rotatable bonds is 5. The number of benzene rings is 3. The summed E-state index contributed by atoms with van der Waals surface area (Å²) in [5.41, 5.74) is 1.00. The van der Waals surface area contributed by atoms with E-state index in [1.165, 1.54) is 54.6 Å². The van der Waals surface area contributed by atoms with E-state index >= 15 is 0 Å². The molecule has 196 valence electrons. The third kappa shape index (κ3) is 5.19. The molecule has 1 atom stereocenters. The predicted molar refractivity (Wildman–Crippen MR) is 130 cm³/mol. The first kappa shape index (κ1) is 25.7. The molecule has 1 aliphatic heterocycles. The summed E-state index contributed by atoms with van der Waals surface area (Å²) in [6, 6.07) is 16.5. The summed E-state index contributed by atoms with van der Waals surface area (Å²) in [4.78, 5) is 3.34. The van der Waals surface area contributed by atoms with Crippen molar-refractivity contribution in [2.45, 2.75) is 23.4 Å². The van der Waals surface area contributed by atoms with Gasteiger partial charge in [0.1, 0.15) is 17.4 Å². The van der Waals surface area contributed by atoms with Crippen LogP contribution in [0.2, 0.25) is 0 Å². The van der Waals surface area contributed by atoms with E-state index in [0.717, 1.165) is 18.2 Å². The molecule has 0 amide bonds. The summed E-state index contributed by atoms with van der Waals surface area (Å²) < 4.78 is 101. The highest BCUT2D eigenvalue weighted by Crippen LogP contribution is 2.44. The van der Waals surface area contributed by atoms with Crippen LogP contribution in [-0.4, -0.2) is 20.0 Å². The molecule has 0 aliphatic carbocycles. The van der Waals surface area contributed by atoms with Gasteiger partial charge >= 0.3 is 6.18 Å². The van der Waals surface area contributed by atoms with Crippen molar-refractivity contribution < 1.29 is 35.1 Å². The second-order valence-electron chi connectivity index (χ2n) is 8.65. The zero-order chi connectivity index (χ0) is 27.1. The average molecular weight is 547 g/mol. The number of nitrogens with zero attached hydrogens (tertiary/aromatic N) is 1. The van der Waals surface area contributed by atoms with Gasteiger partial charge in [0.05, 0.1) is 17.1 Å². The van der Waals surface area contributed by atoms with Crippen LogP contribution in [0.5, 0.6) is 5.75 Å². The third-order valence-corrected chi connectivity index (χ3v) is 7.55. The van der Waals surface area contributed by atoms with E-state index in [4.69, 9.17) is 4.74 Å². The molecule has 0 fully saturated rings. The zero-order valence-electron chi connectivity index (χ0n) is 19.5. The van der Waals surface area contributed by atoms with E-state index < -0.39 is 39.4 Å². The highest BCUT2D eigenvalue weighted by molar-refractivity contribution is 7.92. The number of halogens is 5. The lowest BCUT2D eigenvalue weighted by Crippen LogP contribution is -2.19. The summed E-state index contributed by atoms with van der Waals surface area (Å²) in [6.45, 7) is 0.184. The average Bonchev–Trinajstić information content (AvgIpc) is 2.87. The van der Waals surface area contributed by atoms with Gasteiger partial charge in [0.25, 0.3) is 10.0 Å². The van der Waals surface area contributed by atoms with Gasteiger partial charge < -0.3 is 4.74 Å². The minimum Gasteiger partial charge on any atom is -0.493 e. The monoisotopic (exact) mass is 546 g/mol. The van der Waals surface area contributed by atoms with Crippen molar-refractivity contribution in [3.05, 3.63) is 107 Å². The molecule has 2 heterocycles. The van der Waals surface area contributed by atoms with Crippen molar-refractivity contribution in [3.63, 3.8) is 0 Å². The first-order chi connectivity index (χ1) is 18.0. The van der Waals surface area contributed by atoms with Crippen LogP contribution in [0, 0.1) is 11.8 Å². The summed E-state index contributed by atoms with van der Waals surface area (Å²) >= 11 is 0. The Morgan fingerprint density at radius 1 is 0.895 bits per heavy atom. The summed E-state index contributed by atoms with van der Waals surface area (Å²) in [7, 11) is -4.14. The maximum absolute atomic E-state index is 13.5. The molecule has 0 spiro atoms. The maximum atomic E-state index is 13.5. The van der Waals surface area contributed by atoms with Crippen LogP contribution in [0.15, 0.2) is 83.8 Å². The molecular formula is C27H19F5N2O3S. The molecule has 38 heavy (non-hydrogen) atoms. The Balaban J connectivity index is 1.55. The Morgan fingerprint density at radius 2 is 1.63 bits per heavy atom. The molecule has 3 aromatic carbocycles. The lowest BCUT2D eigenvalue weighted by Gasteiger charge is -2.29. The lowest BCUT2D eigenvalue weighted by atomic mass is 9.82. The van der Waals surface area contributed by atoms with Gasteiger partial charge in [-0.2, -0.15) is 17.6 Å². The van der Waals surface area contributed by atoms with Gasteiger partial charge in [-0.1, -0.05) is 30.3 Å². The lowest BCUT2D eigenvalue weighted by molar-refractivity contribution is -0.137. The highest BCUT2D eigenvalue weighted by atomic mass is 32.2. The smallest absolute Gasteiger partial charge is 0.416 e. The van der Waals surface area contributed by atoms with Crippen LogP contribution in [0.1, 0.15) is 29.0 Å². The highest BCUT2D eigenvalue weighted by Gasteiger charge is 2.33. The first-order valence-electron chi connectivity index (χ1n) is 11.4. The molecule has 4 aromatic rings. The molecule has 0 saturated heterocycles.